The third kappa shape index (κ3) is 4.15. The Kier molecular flexibility index (Phi) is 6.20. The van der Waals surface area contributed by atoms with E-state index in [0.29, 0.717) is 12.4 Å². The third-order valence-electron chi connectivity index (χ3n) is 2.63. The maximum Gasteiger partial charge on any atom is 0.243 e. The Hall–Kier alpha value is -1.18. The molecule has 0 fully saturated rings. The molecule has 0 saturated heterocycles. The van der Waals surface area contributed by atoms with Gasteiger partial charge in [0.2, 0.25) is 10.0 Å². The standard InChI is InChI=1S/C12H21N3O3S/c1-3-6-13-12-10-11(5-7-14-12)19(17,18)15(4-2)8-9-16/h5,7,10,16H,3-4,6,8-9H2,1-2H3,(H,13,14). The topological polar surface area (TPSA) is 82.5 Å². The molecule has 7 heteroatoms. The van der Waals surface area contributed by atoms with Crippen molar-refractivity contribution in [3.63, 3.8) is 0 Å². The molecule has 0 spiro atoms. The van der Waals surface area contributed by atoms with Crippen LogP contribution in [0.5, 0.6) is 0 Å². The Bertz CT molecular complexity index is 491. The van der Waals surface area contributed by atoms with E-state index in [2.05, 4.69) is 10.3 Å². The molecule has 1 heterocycles. The van der Waals surface area contributed by atoms with E-state index >= 15 is 0 Å². The second-order valence-corrected chi connectivity index (χ2v) is 5.96. The number of rotatable bonds is 8. The van der Waals surface area contributed by atoms with Crippen molar-refractivity contribution < 1.29 is 13.5 Å². The van der Waals surface area contributed by atoms with Crippen molar-refractivity contribution >= 4 is 15.8 Å². The zero-order valence-electron chi connectivity index (χ0n) is 11.3. The molecule has 0 aromatic carbocycles. The highest BCUT2D eigenvalue weighted by molar-refractivity contribution is 7.89. The molecule has 19 heavy (non-hydrogen) atoms. The van der Waals surface area contributed by atoms with Crippen LogP contribution in [0.3, 0.4) is 0 Å². The fourth-order valence-electron chi connectivity index (χ4n) is 1.63. The number of pyridine rings is 1. The lowest BCUT2D eigenvalue weighted by Gasteiger charge is -2.19. The molecule has 0 bridgehead atoms. The summed E-state index contributed by atoms with van der Waals surface area (Å²) >= 11 is 0. The minimum atomic E-state index is -3.57. The maximum absolute atomic E-state index is 12.3. The normalized spacial score (nSPS) is 11.8. The van der Waals surface area contributed by atoms with E-state index in [-0.39, 0.29) is 18.0 Å². The van der Waals surface area contributed by atoms with Crippen LogP contribution < -0.4 is 5.32 Å². The smallest absolute Gasteiger partial charge is 0.243 e. The van der Waals surface area contributed by atoms with Crippen LogP contribution in [-0.2, 0) is 10.0 Å². The summed E-state index contributed by atoms with van der Waals surface area (Å²) in [6.45, 7) is 4.73. The minimum absolute atomic E-state index is 0.0961. The van der Waals surface area contributed by atoms with Crippen LogP contribution in [-0.4, -0.2) is 49.1 Å². The first-order valence-corrected chi connectivity index (χ1v) is 7.81. The van der Waals surface area contributed by atoms with Gasteiger partial charge in [0, 0.05) is 31.9 Å². The zero-order valence-corrected chi connectivity index (χ0v) is 12.2. The largest absolute Gasteiger partial charge is 0.395 e. The lowest BCUT2D eigenvalue weighted by molar-refractivity contribution is 0.257. The quantitative estimate of drug-likeness (QED) is 0.742. The average molecular weight is 287 g/mol. The molecular formula is C12H21N3O3S. The van der Waals surface area contributed by atoms with Gasteiger partial charge in [-0.15, -0.1) is 0 Å². The van der Waals surface area contributed by atoms with Gasteiger partial charge in [-0.05, 0) is 12.5 Å². The van der Waals surface area contributed by atoms with Crippen molar-refractivity contribution in [1.82, 2.24) is 9.29 Å². The van der Waals surface area contributed by atoms with Gasteiger partial charge in [0.15, 0.2) is 0 Å². The van der Waals surface area contributed by atoms with Gasteiger partial charge in [0.05, 0.1) is 11.5 Å². The van der Waals surface area contributed by atoms with Crippen molar-refractivity contribution in [2.75, 3.05) is 31.6 Å². The molecule has 1 rings (SSSR count). The molecule has 0 aliphatic carbocycles. The number of sulfonamides is 1. The molecule has 0 atom stereocenters. The molecule has 0 radical (unpaired) electrons. The summed E-state index contributed by atoms with van der Waals surface area (Å²) < 4.78 is 25.9. The molecule has 6 nitrogen and oxygen atoms in total. The van der Waals surface area contributed by atoms with Crippen molar-refractivity contribution in [3.8, 4) is 0 Å². The third-order valence-corrected chi connectivity index (χ3v) is 4.60. The number of aromatic nitrogens is 1. The predicted molar refractivity (Wildman–Crippen MR) is 74.5 cm³/mol. The maximum atomic E-state index is 12.3. The van der Waals surface area contributed by atoms with Gasteiger partial charge in [-0.2, -0.15) is 4.31 Å². The highest BCUT2D eigenvalue weighted by atomic mass is 32.2. The summed E-state index contributed by atoms with van der Waals surface area (Å²) in [5, 5.41) is 12.0. The summed E-state index contributed by atoms with van der Waals surface area (Å²) in [6.07, 6.45) is 2.40. The van der Waals surface area contributed by atoms with Crippen LogP contribution in [0.2, 0.25) is 0 Å². The minimum Gasteiger partial charge on any atom is -0.395 e. The molecule has 1 aromatic rings. The molecular weight excluding hydrogens is 266 g/mol. The predicted octanol–water partition coefficient (Wildman–Crippen LogP) is 0.906. The fourth-order valence-corrected chi connectivity index (χ4v) is 3.08. The monoisotopic (exact) mass is 287 g/mol. The molecule has 1 aromatic heterocycles. The number of hydrogen-bond acceptors (Lipinski definition) is 5. The number of likely N-dealkylation sites (N-methyl/N-ethyl adjacent to an activating group) is 1. The molecule has 0 amide bonds. The van der Waals surface area contributed by atoms with Gasteiger partial charge < -0.3 is 10.4 Å². The average Bonchev–Trinajstić information content (AvgIpc) is 2.42. The SMILES string of the molecule is CCCNc1cc(S(=O)(=O)N(CC)CCO)ccn1. The first-order valence-electron chi connectivity index (χ1n) is 6.37. The van der Waals surface area contributed by atoms with E-state index in [9.17, 15) is 8.42 Å². The van der Waals surface area contributed by atoms with Crippen LogP contribution in [0.25, 0.3) is 0 Å². The van der Waals surface area contributed by atoms with Crippen molar-refractivity contribution in [2.45, 2.75) is 25.2 Å². The van der Waals surface area contributed by atoms with Gasteiger partial charge in [-0.3, -0.25) is 0 Å². The van der Waals surface area contributed by atoms with E-state index in [1.54, 1.807) is 6.92 Å². The number of nitrogens with zero attached hydrogens (tertiary/aromatic N) is 2. The molecule has 2 N–H and O–H groups in total. The van der Waals surface area contributed by atoms with E-state index in [0.717, 1.165) is 13.0 Å². The second-order valence-electron chi connectivity index (χ2n) is 4.02. The first kappa shape index (κ1) is 15.9. The fraction of sp³-hybridized carbons (Fsp3) is 0.583. The van der Waals surface area contributed by atoms with Crippen molar-refractivity contribution in [1.29, 1.82) is 0 Å². The van der Waals surface area contributed by atoms with E-state index in [1.165, 1.54) is 22.6 Å². The van der Waals surface area contributed by atoms with E-state index in [4.69, 9.17) is 5.11 Å². The van der Waals surface area contributed by atoms with Gasteiger partial charge in [-0.25, -0.2) is 13.4 Å². The Labute approximate surface area is 114 Å². The summed E-state index contributed by atoms with van der Waals surface area (Å²) in [6, 6.07) is 2.98. The molecule has 0 saturated carbocycles. The van der Waals surface area contributed by atoms with Crippen LogP contribution in [0.15, 0.2) is 23.2 Å². The van der Waals surface area contributed by atoms with Crippen LogP contribution in [0.1, 0.15) is 20.3 Å². The lowest BCUT2D eigenvalue weighted by Crippen LogP contribution is -2.33. The lowest BCUT2D eigenvalue weighted by atomic mass is 10.4. The number of aliphatic hydroxyl groups is 1. The molecule has 0 aliphatic heterocycles. The Morgan fingerprint density at radius 3 is 2.74 bits per heavy atom. The Morgan fingerprint density at radius 2 is 2.16 bits per heavy atom. The van der Waals surface area contributed by atoms with Gasteiger partial charge in [0.1, 0.15) is 5.82 Å². The number of anilines is 1. The van der Waals surface area contributed by atoms with E-state index < -0.39 is 10.0 Å². The van der Waals surface area contributed by atoms with Crippen LogP contribution in [0.4, 0.5) is 5.82 Å². The number of hydrogen-bond donors (Lipinski definition) is 2. The van der Waals surface area contributed by atoms with E-state index in [1.807, 2.05) is 6.92 Å². The van der Waals surface area contributed by atoms with Gasteiger partial charge >= 0.3 is 0 Å². The number of aliphatic hydroxyl groups excluding tert-OH is 1. The summed E-state index contributed by atoms with van der Waals surface area (Å²) in [4.78, 5) is 4.27. The second kappa shape index (κ2) is 7.42. The zero-order chi connectivity index (χ0) is 14.3. The summed E-state index contributed by atoms with van der Waals surface area (Å²) in [5.74, 6) is 0.544. The number of nitrogens with one attached hydrogen (secondary N) is 1. The van der Waals surface area contributed by atoms with Crippen molar-refractivity contribution in [2.24, 2.45) is 0 Å². The van der Waals surface area contributed by atoms with Crippen LogP contribution in [0, 0.1) is 0 Å². The first-order chi connectivity index (χ1) is 9.06. The molecule has 108 valence electrons. The van der Waals surface area contributed by atoms with Crippen molar-refractivity contribution in [3.05, 3.63) is 18.3 Å². The highest BCUT2D eigenvalue weighted by Crippen LogP contribution is 2.17. The van der Waals surface area contributed by atoms with Crippen LogP contribution >= 0.6 is 0 Å². The highest BCUT2D eigenvalue weighted by Gasteiger charge is 2.22. The summed E-state index contributed by atoms with van der Waals surface area (Å²) in [7, 11) is -3.57. The molecule has 0 unspecified atom stereocenters. The Balaban J connectivity index is 3.00. The Morgan fingerprint density at radius 1 is 1.42 bits per heavy atom. The van der Waals surface area contributed by atoms with Gasteiger partial charge in [0.25, 0.3) is 0 Å². The van der Waals surface area contributed by atoms with Gasteiger partial charge in [-0.1, -0.05) is 13.8 Å². The summed E-state index contributed by atoms with van der Waals surface area (Å²) in [5.41, 5.74) is 0. The molecule has 0 aliphatic rings.